The first-order chi connectivity index (χ1) is 14.6. The Morgan fingerprint density at radius 3 is 2.53 bits per heavy atom. The highest BCUT2D eigenvalue weighted by molar-refractivity contribution is 7.99. The van der Waals surface area contributed by atoms with Gasteiger partial charge in [-0.25, -0.2) is 0 Å². The van der Waals surface area contributed by atoms with Crippen molar-refractivity contribution in [1.82, 2.24) is 25.0 Å². The Morgan fingerprint density at radius 1 is 1.07 bits per heavy atom. The van der Waals surface area contributed by atoms with Gasteiger partial charge in [-0.15, -0.1) is 20.4 Å². The Labute approximate surface area is 186 Å². The normalized spacial score (nSPS) is 10.9. The Kier molecular flexibility index (Phi) is 6.41. The Balaban J connectivity index is 1.57. The van der Waals surface area contributed by atoms with Crippen LogP contribution in [0, 0.1) is 0 Å². The van der Waals surface area contributed by atoms with Crippen LogP contribution in [0.15, 0.2) is 59.8 Å². The number of hydrogen-bond acceptors (Lipinski definition) is 7. The largest absolute Gasteiger partial charge is 0.300 e. The van der Waals surface area contributed by atoms with E-state index in [1.807, 2.05) is 66.1 Å². The summed E-state index contributed by atoms with van der Waals surface area (Å²) < 4.78 is 1.92. The molecule has 10 heteroatoms. The summed E-state index contributed by atoms with van der Waals surface area (Å²) in [6.07, 6.45) is 0.786. The van der Waals surface area contributed by atoms with Crippen LogP contribution in [-0.4, -0.2) is 36.6 Å². The minimum absolute atomic E-state index is 0.168. The maximum absolute atomic E-state index is 12.4. The lowest BCUT2D eigenvalue weighted by Crippen LogP contribution is -2.14. The number of benzene rings is 2. The van der Waals surface area contributed by atoms with Gasteiger partial charge in [0, 0.05) is 16.3 Å². The van der Waals surface area contributed by atoms with Crippen molar-refractivity contribution in [2.45, 2.75) is 18.5 Å². The van der Waals surface area contributed by atoms with Crippen LogP contribution in [0.1, 0.15) is 11.9 Å². The number of nitrogens with one attached hydrogen (secondary N) is 1. The van der Waals surface area contributed by atoms with Gasteiger partial charge in [-0.05, 0) is 30.7 Å². The summed E-state index contributed by atoms with van der Waals surface area (Å²) >= 11 is 8.73. The molecule has 2 aromatic carbocycles. The lowest BCUT2D eigenvalue weighted by Gasteiger charge is -2.10. The third-order valence-corrected chi connectivity index (χ3v) is 6.26. The quantitative estimate of drug-likeness (QED) is 0.404. The molecule has 0 bridgehead atoms. The van der Waals surface area contributed by atoms with E-state index in [4.69, 9.17) is 11.6 Å². The fourth-order valence-corrected chi connectivity index (χ4v) is 4.27. The molecule has 0 aliphatic rings. The zero-order chi connectivity index (χ0) is 20.9. The van der Waals surface area contributed by atoms with Crippen LogP contribution >= 0.6 is 34.7 Å². The van der Waals surface area contributed by atoms with Crippen molar-refractivity contribution >= 4 is 45.7 Å². The first kappa shape index (κ1) is 20.5. The van der Waals surface area contributed by atoms with Crippen LogP contribution in [0.2, 0.25) is 5.02 Å². The van der Waals surface area contributed by atoms with E-state index < -0.39 is 0 Å². The average Bonchev–Trinajstić information content (AvgIpc) is 3.40. The standard InChI is InChI=1S/C20H17ClN6OS2/c1-2-17-23-25-19(30-17)22-16(28)12-29-20-26-24-18(13-6-4-3-5-7-13)27(20)15-10-8-14(21)9-11-15/h3-11H,2,12H2,1H3,(H,22,25,28). The molecule has 0 unspecified atom stereocenters. The van der Waals surface area contributed by atoms with Crippen molar-refractivity contribution in [3.05, 3.63) is 64.6 Å². The van der Waals surface area contributed by atoms with E-state index in [1.165, 1.54) is 23.1 Å². The number of aromatic nitrogens is 5. The summed E-state index contributed by atoms with van der Waals surface area (Å²) in [5.41, 5.74) is 1.79. The van der Waals surface area contributed by atoms with E-state index in [9.17, 15) is 4.79 Å². The number of aryl methyl sites for hydroxylation is 1. The molecule has 30 heavy (non-hydrogen) atoms. The highest BCUT2D eigenvalue weighted by Crippen LogP contribution is 2.28. The number of anilines is 1. The zero-order valence-corrected chi connectivity index (χ0v) is 18.3. The zero-order valence-electron chi connectivity index (χ0n) is 15.9. The number of hydrogen-bond donors (Lipinski definition) is 1. The molecule has 7 nitrogen and oxygen atoms in total. The number of nitrogens with zero attached hydrogens (tertiary/aromatic N) is 5. The first-order valence-electron chi connectivity index (χ1n) is 9.16. The minimum Gasteiger partial charge on any atom is -0.300 e. The van der Waals surface area contributed by atoms with Crippen molar-refractivity contribution in [3.8, 4) is 17.1 Å². The van der Waals surface area contributed by atoms with Gasteiger partial charge >= 0.3 is 0 Å². The lowest BCUT2D eigenvalue weighted by atomic mass is 10.2. The van der Waals surface area contributed by atoms with Crippen LogP contribution in [0.25, 0.3) is 17.1 Å². The highest BCUT2D eigenvalue weighted by atomic mass is 35.5. The van der Waals surface area contributed by atoms with Gasteiger partial charge < -0.3 is 0 Å². The van der Waals surface area contributed by atoms with Gasteiger partial charge in [-0.3, -0.25) is 14.7 Å². The van der Waals surface area contributed by atoms with E-state index >= 15 is 0 Å². The molecule has 0 spiro atoms. The molecule has 1 amide bonds. The summed E-state index contributed by atoms with van der Waals surface area (Å²) in [5, 5.41) is 22.1. The molecule has 0 saturated carbocycles. The molecule has 2 aromatic heterocycles. The predicted molar refractivity (Wildman–Crippen MR) is 120 cm³/mol. The van der Waals surface area contributed by atoms with Gasteiger partial charge in [0.1, 0.15) is 5.01 Å². The number of thioether (sulfide) groups is 1. The number of carbonyl (C=O) groups excluding carboxylic acids is 1. The fraction of sp³-hybridized carbons (Fsp3) is 0.150. The summed E-state index contributed by atoms with van der Waals surface area (Å²) in [6.45, 7) is 2.00. The molecular weight excluding hydrogens is 440 g/mol. The lowest BCUT2D eigenvalue weighted by molar-refractivity contribution is -0.113. The molecule has 0 saturated heterocycles. The number of halogens is 1. The summed E-state index contributed by atoms with van der Waals surface area (Å²) in [4.78, 5) is 12.4. The van der Waals surface area contributed by atoms with Gasteiger partial charge in [-0.2, -0.15) is 0 Å². The molecule has 0 atom stereocenters. The van der Waals surface area contributed by atoms with Crippen LogP contribution < -0.4 is 5.32 Å². The van der Waals surface area contributed by atoms with Crippen molar-refractivity contribution < 1.29 is 4.79 Å². The Bertz CT molecular complexity index is 1140. The second kappa shape index (κ2) is 9.38. The maximum atomic E-state index is 12.4. The number of carbonyl (C=O) groups is 1. The Morgan fingerprint density at radius 2 is 1.83 bits per heavy atom. The van der Waals surface area contributed by atoms with Crippen LogP contribution in [-0.2, 0) is 11.2 Å². The van der Waals surface area contributed by atoms with Gasteiger partial charge in [0.25, 0.3) is 0 Å². The third kappa shape index (κ3) is 4.69. The van der Waals surface area contributed by atoms with Gasteiger partial charge in [0.2, 0.25) is 11.0 Å². The molecule has 0 aliphatic heterocycles. The minimum atomic E-state index is -0.175. The van der Waals surface area contributed by atoms with Crippen LogP contribution in [0.3, 0.4) is 0 Å². The summed E-state index contributed by atoms with van der Waals surface area (Å²) in [6, 6.07) is 17.2. The van der Waals surface area contributed by atoms with Crippen molar-refractivity contribution in [1.29, 1.82) is 0 Å². The van der Waals surface area contributed by atoms with Gasteiger partial charge in [0.15, 0.2) is 11.0 Å². The number of rotatable bonds is 7. The third-order valence-electron chi connectivity index (χ3n) is 4.10. The van der Waals surface area contributed by atoms with Crippen LogP contribution in [0.5, 0.6) is 0 Å². The molecule has 4 aromatic rings. The van der Waals surface area contributed by atoms with Crippen LogP contribution in [0.4, 0.5) is 5.13 Å². The maximum Gasteiger partial charge on any atom is 0.236 e. The van der Waals surface area contributed by atoms with Gasteiger partial charge in [-0.1, -0.05) is 72.0 Å². The van der Waals surface area contributed by atoms with E-state index in [2.05, 4.69) is 25.7 Å². The van der Waals surface area contributed by atoms with Crippen molar-refractivity contribution in [2.24, 2.45) is 0 Å². The molecule has 1 N–H and O–H groups in total. The molecule has 152 valence electrons. The smallest absolute Gasteiger partial charge is 0.236 e. The molecule has 0 fully saturated rings. The first-order valence-corrected chi connectivity index (χ1v) is 11.3. The summed E-state index contributed by atoms with van der Waals surface area (Å²) in [5.74, 6) is 0.685. The predicted octanol–water partition coefficient (Wildman–Crippen LogP) is 4.73. The second-order valence-corrected chi connectivity index (χ2v) is 8.62. The monoisotopic (exact) mass is 456 g/mol. The molecule has 0 radical (unpaired) electrons. The van der Waals surface area contributed by atoms with E-state index in [0.29, 0.717) is 21.1 Å². The van der Waals surface area contributed by atoms with Crippen molar-refractivity contribution in [3.63, 3.8) is 0 Å². The molecule has 2 heterocycles. The van der Waals surface area contributed by atoms with E-state index in [1.54, 1.807) is 0 Å². The topological polar surface area (TPSA) is 85.6 Å². The summed E-state index contributed by atoms with van der Waals surface area (Å²) in [7, 11) is 0. The molecular formula is C20H17ClN6OS2. The average molecular weight is 457 g/mol. The van der Waals surface area contributed by atoms with E-state index in [-0.39, 0.29) is 11.7 Å². The SMILES string of the molecule is CCc1nnc(NC(=O)CSc2nnc(-c3ccccc3)n2-c2ccc(Cl)cc2)s1. The molecule has 0 aliphatic carbocycles. The van der Waals surface area contributed by atoms with E-state index in [0.717, 1.165) is 22.7 Å². The highest BCUT2D eigenvalue weighted by Gasteiger charge is 2.17. The second-order valence-electron chi connectivity index (χ2n) is 6.18. The Hall–Kier alpha value is -2.75. The molecule has 4 rings (SSSR count). The van der Waals surface area contributed by atoms with Crippen molar-refractivity contribution in [2.75, 3.05) is 11.1 Å². The number of amides is 1. The van der Waals surface area contributed by atoms with Gasteiger partial charge in [0.05, 0.1) is 5.75 Å². The fourth-order valence-electron chi connectivity index (χ4n) is 2.69.